The van der Waals surface area contributed by atoms with E-state index in [0.29, 0.717) is 17.2 Å². The summed E-state index contributed by atoms with van der Waals surface area (Å²) in [7, 11) is 0. The van der Waals surface area contributed by atoms with E-state index in [1.54, 1.807) is 4.90 Å². The van der Waals surface area contributed by atoms with Gasteiger partial charge in [-0.15, -0.1) is 0 Å². The van der Waals surface area contributed by atoms with E-state index in [0.717, 1.165) is 18.4 Å². The first-order valence-corrected chi connectivity index (χ1v) is 10.1. The van der Waals surface area contributed by atoms with Crippen LogP contribution in [0.15, 0.2) is 60.7 Å². The molecule has 2 aromatic rings. The molecule has 1 amide bonds. The van der Waals surface area contributed by atoms with Gasteiger partial charge in [-0.1, -0.05) is 61.9 Å². The van der Waals surface area contributed by atoms with Crippen molar-refractivity contribution in [3.8, 4) is 0 Å². The summed E-state index contributed by atoms with van der Waals surface area (Å²) in [6, 6.07) is 18.8. The topological polar surface area (TPSA) is 38.8 Å². The molecule has 0 N–H and O–H groups in total. The number of amides is 1. The lowest BCUT2D eigenvalue weighted by molar-refractivity contribution is -0.0534. The third-order valence-corrected chi connectivity index (χ3v) is 5.27. The SMILES string of the molecule is CCCCOC(=S)[C@@H]1OC(C)(C)N(C(=O)c2ccccc2)[C@H]1c1ccccc1. The van der Waals surface area contributed by atoms with Crippen molar-refractivity contribution in [1.82, 2.24) is 4.90 Å². The van der Waals surface area contributed by atoms with E-state index >= 15 is 0 Å². The van der Waals surface area contributed by atoms with Crippen LogP contribution >= 0.6 is 12.2 Å². The Kier molecular flexibility index (Phi) is 6.47. The van der Waals surface area contributed by atoms with Crippen molar-refractivity contribution in [1.29, 1.82) is 0 Å². The van der Waals surface area contributed by atoms with E-state index in [1.807, 2.05) is 74.5 Å². The molecule has 28 heavy (non-hydrogen) atoms. The maximum absolute atomic E-state index is 13.4. The molecule has 0 bridgehead atoms. The molecule has 2 atom stereocenters. The van der Waals surface area contributed by atoms with Crippen LogP contribution in [0.3, 0.4) is 0 Å². The highest BCUT2D eigenvalue weighted by Gasteiger charge is 2.52. The second-order valence-corrected chi connectivity index (χ2v) is 7.81. The Morgan fingerprint density at radius 3 is 2.32 bits per heavy atom. The van der Waals surface area contributed by atoms with Crippen molar-refractivity contribution in [3.63, 3.8) is 0 Å². The molecule has 2 aromatic carbocycles. The van der Waals surface area contributed by atoms with Gasteiger partial charge in [0.1, 0.15) is 5.72 Å². The van der Waals surface area contributed by atoms with Gasteiger partial charge in [0.15, 0.2) is 11.2 Å². The third-order valence-electron chi connectivity index (χ3n) is 4.92. The van der Waals surface area contributed by atoms with Crippen molar-refractivity contribution in [3.05, 3.63) is 71.8 Å². The van der Waals surface area contributed by atoms with E-state index < -0.39 is 11.8 Å². The van der Waals surface area contributed by atoms with Gasteiger partial charge in [0.2, 0.25) is 0 Å². The normalized spacial score (nSPS) is 20.8. The van der Waals surface area contributed by atoms with Crippen LogP contribution in [0.25, 0.3) is 0 Å². The molecular weight excluding hydrogens is 370 g/mol. The van der Waals surface area contributed by atoms with Crippen LogP contribution < -0.4 is 0 Å². The van der Waals surface area contributed by atoms with Crippen LogP contribution in [0.5, 0.6) is 0 Å². The van der Waals surface area contributed by atoms with Crippen LogP contribution in [0.1, 0.15) is 55.6 Å². The van der Waals surface area contributed by atoms with Crippen molar-refractivity contribution in [2.45, 2.75) is 51.5 Å². The average molecular weight is 398 g/mol. The van der Waals surface area contributed by atoms with Crippen LogP contribution in [-0.2, 0) is 9.47 Å². The number of thiocarbonyl (C=S) groups is 1. The zero-order valence-electron chi connectivity index (χ0n) is 16.6. The summed E-state index contributed by atoms with van der Waals surface area (Å²) in [5.74, 6) is -0.0849. The number of hydrogen-bond donors (Lipinski definition) is 0. The summed E-state index contributed by atoms with van der Waals surface area (Å²) in [5.41, 5.74) is 0.776. The predicted molar refractivity (Wildman–Crippen MR) is 114 cm³/mol. The second kappa shape index (κ2) is 8.84. The highest BCUT2D eigenvalue weighted by atomic mass is 32.1. The van der Waals surface area contributed by atoms with Crippen molar-refractivity contribution < 1.29 is 14.3 Å². The molecule has 0 spiro atoms. The largest absolute Gasteiger partial charge is 0.484 e. The van der Waals surface area contributed by atoms with Gasteiger partial charge in [-0.05, 0) is 50.2 Å². The van der Waals surface area contributed by atoms with Crippen LogP contribution in [0.4, 0.5) is 0 Å². The minimum absolute atomic E-state index is 0.0849. The Morgan fingerprint density at radius 2 is 1.71 bits per heavy atom. The molecule has 0 aromatic heterocycles. The van der Waals surface area contributed by atoms with Gasteiger partial charge in [-0.3, -0.25) is 4.79 Å². The van der Waals surface area contributed by atoms with Crippen LogP contribution in [-0.4, -0.2) is 34.3 Å². The molecule has 3 rings (SSSR count). The Hall–Kier alpha value is -2.24. The van der Waals surface area contributed by atoms with E-state index in [2.05, 4.69) is 6.92 Å². The van der Waals surface area contributed by atoms with Gasteiger partial charge >= 0.3 is 0 Å². The molecule has 0 unspecified atom stereocenters. The molecule has 0 saturated carbocycles. The van der Waals surface area contributed by atoms with Crippen LogP contribution in [0, 0.1) is 0 Å². The number of hydrogen-bond acceptors (Lipinski definition) is 4. The van der Waals surface area contributed by atoms with Gasteiger partial charge < -0.3 is 14.4 Å². The number of unbranched alkanes of at least 4 members (excludes halogenated alkanes) is 1. The molecule has 1 saturated heterocycles. The summed E-state index contributed by atoms with van der Waals surface area (Å²) in [6.07, 6.45) is 1.45. The maximum atomic E-state index is 13.4. The molecule has 0 aliphatic carbocycles. The molecule has 1 heterocycles. The van der Waals surface area contributed by atoms with Gasteiger partial charge in [0, 0.05) is 5.56 Å². The Labute approximate surface area is 172 Å². The lowest BCUT2D eigenvalue weighted by Crippen LogP contribution is -2.45. The fourth-order valence-corrected chi connectivity index (χ4v) is 3.80. The summed E-state index contributed by atoms with van der Waals surface area (Å²) < 4.78 is 12.1. The van der Waals surface area contributed by atoms with E-state index in [1.165, 1.54) is 0 Å². The highest BCUT2D eigenvalue weighted by Crippen LogP contribution is 2.43. The van der Waals surface area contributed by atoms with E-state index in [4.69, 9.17) is 21.7 Å². The Bertz CT molecular complexity index is 807. The van der Waals surface area contributed by atoms with Crippen molar-refractivity contribution >= 4 is 23.2 Å². The summed E-state index contributed by atoms with van der Waals surface area (Å²) in [5, 5.41) is 0.402. The number of carbonyl (C=O) groups excluding carboxylic acids is 1. The smallest absolute Gasteiger partial charge is 0.256 e. The Morgan fingerprint density at radius 1 is 1.11 bits per heavy atom. The maximum Gasteiger partial charge on any atom is 0.256 e. The third kappa shape index (κ3) is 4.26. The van der Waals surface area contributed by atoms with Gasteiger partial charge in [-0.2, -0.15) is 0 Å². The molecule has 1 fully saturated rings. The molecular formula is C23H27NO3S. The highest BCUT2D eigenvalue weighted by molar-refractivity contribution is 7.80. The zero-order valence-corrected chi connectivity index (χ0v) is 17.4. The van der Waals surface area contributed by atoms with Crippen molar-refractivity contribution in [2.75, 3.05) is 6.61 Å². The first-order valence-electron chi connectivity index (χ1n) is 9.74. The second-order valence-electron chi connectivity index (χ2n) is 7.40. The number of nitrogens with zero attached hydrogens (tertiary/aromatic N) is 1. The van der Waals surface area contributed by atoms with Gasteiger partial charge in [-0.25, -0.2) is 0 Å². The Balaban J connectivity index is 1.98. The quantitative estimate of drug-likeness (QED) is 0.499. The number of rotatable bonds is 6. The molecule has 5 heteroatoms. The van der Waals surface area contributed by atoms with Crippen molar-refractivity contribution in [2.24, 2.45) is 0 Å². The minimum Gasteiger partial charge on any atom is -0.484 e. The van der Waals surface area contributed by atoms with E-state index in [9.17, 15) is 4.79 Å². The van der Waals surface area contributed by atoms with Crippen LogP contribution in [0.2, 0.25) is 0 Å². The fourth-order valence-electron chi connectivity index (χ4n) is 3.54. The molecule has 1 aliphatic rings. The predicted octanol–water partition coefficient (Wildman–Crippen LogP) is 5.15. The standard InChI is InChI=1S/C23H27NO3S/c1-4-5-16-26-22(28)20-19(17-12-8-6-9-13-17)24(23(2,3)27-20)21(25)18-14-10-7-11-15-18/h6-15,19-20H,4-5,16H2,1-3H3/t19-,20+/m0/s1. The summed E-state index contributed by atoms with van der Waals surface area (Å²) >= 11 is 5.58. The fraction of sp³-hybridized carbons (Fsp3) is 0.391. The molecule has 4 nitrogen and oxygen atoms in total. The van der Waals surface area contributed by atoms with Gasteiger partial charge in [0.25, 0.3) is 5.91 Å². The number of ether oxygens (including phenoxy) is 2. The van der Waals surface area contributed by atoms with Gasteiger partial charge in [0.05, 0.1) is 12.6 Å². The monoisotopic (exact) mass is 397 g/mol. The zero-order chi connectivity index (χ0) is 20.1. The lowest BCUT2D eigenvalue weighted by Gasteiger charge is -2.34. The number of carbonyl (C=O) groups is 1. The first-order chi connectivity index (χ1) is 13.5. The molecule has 1 aliphatic heterocycles. The first kappa shape index (κ1) is 20.5. The summed E-state index contributed by atoms with van der Waals surface area (Å²) in [4.78, 5) is 15.2. The molecule has 0 radical (unpaired) electrons. The molecule has 148 valence electrons. The van der Waals surface area contributed by atoms with E-state index in [-0.39, 0.29) is 11.9 Å². The number of benzene rings is 2. The lowest BCUT2D eigenvalue weighted by atomic mass is 9.99. The summed E-state index contributed by atoms with van der Waals surface area (Å²) in [6.45, 7) is 6.47. The minimum atomic E-state index is -0.823. The average Bonchev–Trinajstić information content (AvgIpc) is 3.00.